The van der Waals surface area contributed by atoms with Crippen LogP contribution in [-0.4, -0.2) is 46.8 Å². The number of amides is 1. The summed E-state index contributed by atoms with van der Waals surface area (Å²) in [7, 11) is 0. The highest BCUT2D eigenvalue weighted by Gasteiger charge is 2.34. The summed E-state index contributed by atoms with van der Waals surface area (Å²) in [5, 5.41) is 23.8. The number of nitrogens with zero attached hydrogens (tertiary/aromatic N) is 1. The van der Waals surface area contributed by atoms with Gasteiger partial charge in [-0.2, -0.15) is 0 Å². The Morgan fingerprint density at radius 3 is 2.40 bits per heavy atom. The molecule has 5 nitrogen and oxygen atoms in total. The summed E-state index contributed by atoms with van der Waals surface area (Å²) < 4.78 is 0. The molecule has 3 N–H and O–H groups in total. The van der Waals surface area contributed by atoms with E-state index in [1.54, 1.807) is 11.0 Å². The highest BCUT2D eigenvalue weighted by molar-refractivity contribution is 5.98. The summed E-state index contributed by atoms with van der Waals surface area (Å²) in [6, 6.07) is 7.31. The summed E-state index contributed by atoms with van der Waals surface area (Å²) in [6.07, 6.45) is 12.8. The topological polar surface area (TPSA) is 72.8 Å². The fourth-order valence-corrected chi connectivity index (χ4v) is 4.17. The third-order valence-corrected chi connectivity index (χ3v) is 6.05. The highest BCUT2D eigenvalue weighted by Crippen LogP contribution is 2.31. The van der Waals surface area contributed by atoms with Crippen LogP contribution >= 0.6 is 0 Å². The van der Waals surface area contributed by atoms with E-state index in [0.717, 1.165) is 50.6 Å². The quantitative estimate of drug-likeness (QED) is 0.318. The Balaban J connectivity index is 1.42. The first kappa shape index (κ1) is 24.8. The maximum absolute atomic E-state index is 12.4. The van der Waals surface area contributed by atoms with E-state index in [9.17, 15) is 15.0 Å². The molecule has 0 aliphatic carbocycles. The maximum Gasteiger partial charge on any atom is 0.256 e. The molecule has 1 heterocycles. The van der Waals surface area contributed by atoms with Crippen LogP contribution in [0.4, 0.5) is 0 Å². The second-order valence-corrected chi connectivity index (χ2v) is 8.64. The molecule has 2 rings (SSSR count). The molecule has 2 atom stereocenters. The molecule has 30 heavy (non-hydrogen) atoms. The van der Waals surface area contributed by atoms with E-state index < -0.39 is 6.23 Å². The van der Waals surface area contributed by atoms with Crippen molar-refractivity contribution in [3.05, 3.63) is 35.4 Å². The fourth-order valence-electron chi connectivity index (χ4n) is 4.17. The van der Waals surface area contributed by atoms with E-state index in [4.69, 9.17) is 0 Å². The van der Waals surface area contributed by atoms with Gasteiger partial charge in [0.15, 0.2) is 6.23 Å². The SMILES string of the molecule is CCCCCCCCNCC(O)CCCCCCCN1C(=O)c2ccccc2C1O. The predicted molar refractivity (Wildman–Crippen MR) is 122 cm³/mol. The molecule has 0 bridgehead atoms. The lowest BCUT2D eigenvalue weighted by Crippen LogP contribution is -2.29. The van der Waals surface area contributed by atoms with Crippen LogP contribution in [0, 0.1) is 0 Å². The zero-order valence-electron chi connectivity index (χ0n) is 18.8. The number of nitrogens with one attached hydrogen (secondary N) is 1. The Kier molecular flexibility index (Phi) is 12.0. The molecular weight excluding hydrogens is 376 g/mol. The summed E-state index contributed by atoms with van der Waals surface area (Å²) in [5.74, 6) is -0.0605. The average molecular weight is 419 g/mol. The smallest absolute Gasteiger partial charge is 0.256 e. The molecule has 5 heteroatoms. The van der Waals surface area contributed by atoms with Crippen molar-refractivity contribution in [3.63, 3.8) is 0 Å². The van der Waals surface area contributed by atoms with E-state index in [0.29, 0.717) is 18.7 Å². The van der Waals surface area contributed by atoms with E-state index >= 15 is 0 Å². The Hall–Kier alpha value is -1.43. The van der Waals surface area contributed by atoms with Crippen LogP contribution in [0.1, 0.15) is 106 Å². The molecule has 1 aliphatic rings. The van der Waals surface area contributed by atoms with Gasteiger partial charge in [0.25, 0.3) is 5.91 Å². The average Bonchev–Trinajstić information content (AvgIpc) is 3.00. The summed E-state index contributed by atoms with van der Waals surface area (Å²) in [6.45, 7) is 4.54. The number of hydrogen-bond acceptors (Lipinski definition) is 4. The van der Waals surface area contributed by atoms with E-state index in [2.05, 4.69) is 12.2 Å². The van der Waals surface area contributed by atoms with Crippen LogP contribution in [0.5, 0.6) is 0 Å². The van der Waals surface area contributed by atoms with Crippen molar-refractivity contribution >= 4 is 5.91 Å². The molecule has 0 radical (unpaired) electrons. The van der Waals surface area contributed by atoms with Crippen molar-refractivity contribution < 1.29 is 15.0 Å². The first-order chi connectivity index (χ1) is 14.6. The van der Waals surface area contributed by atoms with Crippen LogP contribution in [0.15, 0.2) is 24.3 Å². The zero-order valence-corrected chi connectivity index (χ0v) is 18.8. The van der Waals surface area contributed by atoms with Gasteiger partial charge in [-0.1, -0.05) is 82.9 Å². The fraction of sp³-hybridized carbons (Fsp3) is 0.720. The van der Waals surface area contributed by atoms with Crippen LogP contribution in [0.2, 0.25) is 0 Å². The molecule has 0 saturated carbocycles. The van der Waals surface area contributed by atoms with Gasteiger partial charge in [0, 0.05) is 24.2 Å². The van der Waals surface area contributed by atoms with Crippen molar-refractivity contribution in [2.24, 2.45) is 0 Å². The summed E-state index contributed by atoms with van der Waals surface area (Å²) in [4.78, 5) is 13.9. The van der Waals surface area contributed by atoms with Gasteiger partial charge in [0.1, 0.15) is 0 Å². The number of hydrogen-bond donors (Lipinski definition) is 3. The van der Waals surface area contributed by atoms with Gasteiger partial charge in [-0.05, 0) is 31.9 Å². The second kappa shape index (κ2) is 14.6. The molecule has 0 saturated heterocycles. The minimum Gasteiger partial charge on any atom is -0.392 e. The van der Waals surface area contributed by atoms with Crippen LogP contribution in [0.25, 0.3) is 0 Å². The number of rotatable bonds is 17. The molecule has 1 aromatic carbocycles. The normalized spacial score (nSPS) is 16.8. The molecule has 2 unspecified atom stereocenters. The van der Waals surface area contributed by atoms with Gasteiger partial charge in [0.05, 0.1) is 6.10 Å². The molecule has 170 valence electrons. The van der Waals surface area contributed by atoms with Gasteiger partial charge in [-0.15, -0.1) is 0 Å². The standard InChI is InChI=1S/C25H42N2O3/c1-2-3-4-5-8-13-18-26-20-21(28)15-10-7-6-9-14-19-27-24(29)22-16-11-12-17-23(22)25(27)30/h11-12,16-17,21,24,26,28-29H,2-10,13-15,18-20H2,1H3. The molecule has 0 fully saturated rings. The Bertz CT molecular complexity index is 608. The minimum atomic E-state index is -0.798. The molecule has 1 amide bonds. The lowest BCUT2D eigenvalue weighted by molar-refractivity contribution is 0.0169. The van der Waals surface area contributed by atoms with Gasteiger partial charge in [0.2, 0.25) is 0 Å². The van der Waals surface area contributed by atoms with Crippen molar-refractivity contribution in [1.29, 1.82) is 0 Å². The number of aliphatic hydroxyl groups is 2. The number of carbonyl (C=O) groups is 1. The summed E-state index contributed by atoms with van der Waals surface area (Å²) >= 11 is 0. The highest BCUT2D eigenvalue weighted by atomic mass is 16.3. The van der Waals surface area contributed by atoms with Crippen LogP contribution in [-0.2, 0) is 0 Å². The van der Waals surface area contributed by atoms with Gasteiger partial charge in [-0.25, -0.2) is 0 Å². The first-order valence-corrected chi connectivity index (χ1v) is 12.1. The number of unbranched alkanes of at least 4 members (excludes halogenated alkanes) is 9. The van der Waals surface area contributed by atoms with E-state index in [-0.39, 0.29) is 12.0 Å². The molecule has 0 aromatic heterocycles. The molecule has 1 aliphatic heterocycles. The number of aliphatic hydroxyl groups excluding tert-OH is 2. The van der Waals surface area contributed by atoms with Crippen molar-refractivity contribution in [2.45, 2.75) is 96.3 Å². The molecule has 1 aromatic rings. The molecule has 0 spiro atoms. The monoisotopic (exact) mass is 418 g/mol. The molecular formula is C25H42N2O3. The Morgan fingerprint density at radius 1 is 0.967 bits per heavy atom. The van der Waals surface area contributed by atoms with Gasteiger partial charge in [-0.3, -0.25) is 4.79 Å². The summed E-state index contributed by atoms with van der Waals surface area (Å²) in [5.41, 5.74) is 1.35. The van der Waals surface area contributed by atoms with Crippen molar-refractivity contribution in [1.82, 2.24) is 10.2 Å². The maximum atomic E-state index is 12.4. The third kappa shape index (κ3) is 8.37. The van der Waals surface area contributed by atoms with Crippen molar-refractivity contribution in [2.75, 3.05) is 19.6 Å². The zero-order chi connectivity index (χ0) is 21.6. The van der Waals surface area contributed by atoms with E-state index in [1.165, 1.54) is 38.5 Å². The predicted octanol–water partition coefficient (Wildman–Crippen LogP) is 4.78. The van der Waals surface area contributed by atoms with Gasteiger partial charge < -0.3 is 20.4 Å². The minimum absolute atomic E-state index is 0.0605. The number of fused-ring (bicyclic) bond motifs is 1. The lowest BCUT2D eigenvalue weighted by atomic mass is 10.1. The second-order valence-electron chi connectivity index (χ2n) is 8.64. The Morgan fingerprint density at radius 2 is 1.63 bits per heavy atom. The number of carbonyl (C=O) groups excluding carboxylic acids is 1. The van der Waals surface area contributed by atoms with Gasteiger partial charge >= 0.3 is 0 Å². The van der Waals surface area contributed by atoms with Crippen LogP contribution < -0.4 is 5.32 Å². The first-order valence-electron chi connectivity index (χ1n) is 12.1. The largest absolute Gasteiger partial charge is 0.392 e. The Labute approximate surface area is 182 Å². The number of benzene rings is 1. The van der Waals surface area contributed by atoms with Crippen molar-refractivity contribution in [3.8, 4) is 0 Å². The third-order valence-electron chi connectivity index (χ3n) is 6.05. The lowest BCUT2D eigenvalue weighted by Gasteiger charge is -2.20. The van der Waals surface area contributed by atoms with Crippen LogP contribution in [0.3, 0.4) is 0 Å². The van der Waals surface area contributed by atoms with E-state index in [1.807, 2.05) is 18.2 Å².